The molecule has 1 amide bonds. The van der Waals surface area contributed by atoms with E-state index >= 15 is 0 Å². The number of carbonyl (C=O) groups excluding carboxylic acids is 1. The topological polar surface area (TPSA) is 88.2 Å². The summed E-state index contributed by atoms with van der Waals surface area (Å²) in [5, 5.41) is 2.64. The number of nitrogens with zero attached hydrogens (tertiary/aromatic N) is 1. The van der Waals surface area contributed by atoms with E-state index in [9.17, 15) is 30.8 Å². The van der Waals surface area contributed by atoms with Gasteiger partial charge in [0.25, 0.3) is 0 Å². The van der Waals surface area contributed by atoms with Crippen molar-refractivity contribution in [2.24, 2.45) is 5.92 Å². The van der Waals surface area contributed by atoms with Crippen LogP contribution in [-0.2, 0) is 27.4 Å². The van der Waals surface area contributed by atoms with Gasteiger partial charge in [0.15, 0.2) is 0 Å². The van der Waals surface area contributed by atoms with Gasteiger partial charge in [0.2, 0.25) is 15.9 Å². The van der Waals surface area contributed by atoms with Crippen molar-refractivity contribution in [1.82, 2.24) is 10.3 Å². The molecule has 186 valence electrons. The molecule has 0 aliphatic carbocycles. The van der Waals surface area contributed by atoms with Crippen LogP contribution in [0.4, 0.5) is 23.2 Å². The molecule has 1 aromatic carbocycles. The van der Waals surface area contributed by atoms with Gasteiger partial charge in [-0.15, -0.1) is 0 Å². The summed E-state index contributed by atoms with van der Waals surface area (Å²) in [6.45, 7) is 5.44. The Morgan fingerprint density at radius 1 is 1.18 bits per heavy atom. The molecule has 11 heteroatoms. The highest BCUT2D eigenvalue weighted by Gasteiger charge is 2.33. The van der Waals surface area contributed by atoms with Crippen molar-refractivity contribution in [2.45, 2.75) is 45.8 Å². The van der Waals surface area contributed by atoms with Gasteiger partial charge in [0, 0.05) is 11.8 Å². The number of anilines is 1. The van der Waals surface area contributed by atoms with E-state index in [0.29, 0.717) is 17.5 Å². The smallest absolute Gasteiger partial charge is 0.346 e. The van der Waals surface area contributed by atoms with Gasteiger partial charge in [0.05, 0.1) is 18.0 Å². The van der Waals surface area contributed by atoms with Gasteiger partial charge in [0.1, 0.15) is 11.5 Å². The summed E-state index contributed by atoms with van der Waals surface area (Å²) >= 11 is 0. The molecule has 1 aromatic heterocycles. The predicted molar refractivity (Wildman–Crippen MR) is 123 cm³/mol. The maximum absolute atomic E-state index is 14.2. The molecule has 0 fully saturated rings. The number of benzene rings is 1. The monoisotopic (exact) mass is 501 g/mol. The fraction of sp³-hybridized carbons (Fsp3) is 0.391. The third-order valence-electron chi connectivity index (χ3n) is 5.10. The van der Waals surface area contributed by atoms with Crippen LogP contribution in [0.25, 0.3) is 6.08 Å². The third kappa shape index (κ3) is 8.12. The summed E-state index contributed by atoms with van der Waals surface area (Å²) in [6, 6.07) is 5.35. The standard InChI is InChI=1S/C23H27F4N3O3S/c1-5-14(2)12-20-16(7-10-21(29-20)23(25,26)27)8-11-22(31)28-15(3)17-6-9-19(18(24)13-17)30-34(4,32)33/h6-11,13-15,30H,5,12H2,1-4H3,(H,28,31)/b11-8+. The van der Waals surface area contributed by atoms with Crippen LogP contribution in [0.15, 0.2) is 36.4 Å². The Morgan fingerprint density at radius 3 is 2.41 bits per heavy atom. The first-order valence-electron chi connectivity index (χ1n) is 10.5. The minimum absolute atomic E-state index is 0.104. The van der Waals surface area contributed by atoms with Crippen LogP contribution in [0.3, 0.4) is 0 Å². The van der Waals surface area contributed by atoms with E-state index in [1.807, 2.05) is 13.8 Å². The first-order chi connectivity index (χ1) is 15.7. The molecule has 0 bridgehead atoms. The SMILES string of the molecule is CCC(C)Cc1nc(C(F)(F)F)ccc1/C=C/C(=O)NC(C)c1ccc(NS(C)(=O)=O)c(F)c1. The molecule has 34 heavy (non-hydrogen) atoms. The van der Waals surface area contributed by atoms with Gasteiger partial charge in [-0.1, -0.05) is 32.4 Å². The molecule has 0 spiro atoms. The second-order valence-corrected chi connectivity index (χ2v) is 9.87. The highest BCUT2D eigenvalue weighted by Crippen LogP contribution is 2.29. The maximum atomic E-state index is 14.2. The largest absolute Gasteiger partial charge is 0.433 e. The number of alkyl halides is 3. The summed E-state index contributed by atoms with van der Waals surface area (Å²) in [5.74, 6) is -1.24. The number of amides is 1. The van der Waals surface area contributed by atoms with Gasteiger partial charge in [-0.05, 0) is 54.7 Å². The van der Waals surface area contributed by atoms with Crippen molar-refractivity contribution in [2.75, 3.05) is 11.0 Å². The van der Waals surface area contributed by atoms with Crippen LogP contribution in [0, 0.1) is 11.7 Å². The van der Waals surface area contributed by atoms with Crippen molar-refractivity contribution in [3.05, 3.63) is 64.7 Å². The molecule has 2 rings (SSSR count). The van der Waals surface area contributed by atoms with E-state index in [1.54, 1.807) is 6.92 Å². The van der Waals surface area contributed by atoms with E-state index in [-0.39, 0.29) is 17.3 Å². The van der Waals surface area contributed by atoms with Gasteiger partial charge in [-0.2, -0.15) is 13.2 Å². The summed E-state index contributed by atoms with van der Waals surface area (Å²) in [4.78, 5) is 16.1. The number of pyridine rings is 1. The zero-order valence-electron chi connectivity index (χ0n) is 19.2. The number of hydrogen-bond acceptors (Lipinski definition) is 4. The van der Waals surface area contributed by atoms with Crippen LogP contribution in [0.1, 0.15) is 55.7 Å². The average molecular weight is 502 g/mol. The molecule has 1 heterocycles. The summed E-state index contributed by atoms with van der Waals surface area (Å²) in [6.07, 6.45) is -0.0141. The van der Waals surface area contributed by atoms with Crippen molar-refractivity contribution in [3.63, 3.8) is 0 Å². The van der Waals surface area contributed by atoms with Gasteiger partial charge >= 0.3 is 6.18 Å². The number of aromatic nitrogens is 1. The Bertz CT molecular complexity index is 1160. The second-order valence-electron chi connectivity index (χ2n) is 8.12. The number of sulfonamides is 1. The molecule has 2 atom stereocenters. The van der Waals surface area contributed by atoms with Crippen molar-refractivity contribution >= 4 is 27.7 Å². The lowest BCUT2D eigenvalue weighted by Gasteiger charge is -2.15. The number of carbonyl (C=O) groups is 1. The number of nitrogens with one attached hydrogen (secondary N) is 2. The lowest BCUT2D eigenvalue weighted by Crippen LogP contribution is -2.24. The molecule has 0 saturated carbocycles. The molecule has 0 radical (unpaired) electrons. The highest BCUT2D eigenvalue weighted by atomic mass is 32.2. The van der Waals surface area contributed by atoms with E-state index < -0.39 is 39.7 Å². The highest BCUT2D eigenvalue weighted by molar-refractivity contribution is 7.92. The Morgan fingerprint density at radius 2 is 1.85 bits per heavy atom. The Labute approximate surface area is 196 Å². The molecule has 0 aliphatic rings. The Kier molecular flexibility index (Phi) is 8.82. The first-order valence-corrected chi connectivity index (χ1v) is 12.4. The summed E-state index contributed by atoms with van der Waals surface area (Å²) < 4.78 is 78.0. The van der Waals surface area contributed by atoms with Crippen LogP contribution in [0.5, 0.6) is 0 Å². The normalized spacial score (nSPS) is 14.1. The van der Waals surface area contributed by atoms with Crippen LogP contribution >= 0.6 is 0 Å². The molecule has 0 saturated heterocycles. The van der Waals surface area contributed by atoms with Gasteiger partial charge < -0.3 is 5.32 Å². The van der Waals surface area contributed by atoms with Crippen molar-refractivity contribution in [1.29, 1.82) is 0 Å². The zero-order chi connectivity index (χ0) is 25.7. The zero-order valence-corrected chi connectivity index (χ0v) is 20.0. The Balaban J connectivity index is 2.17. The van der Waals surface area contributed by atoms with E-state index in [1.165, 1.54) is 30.4 Å². The molecule has 0 aliphatic heterocycles. The lowest BCUT2D eigenvalue weighted by atomic mass is 9.98. The summed E-state index contributed by atoms with van der Waals surface area (Å²) in [5.41, 5.74) is -0.159. The molecule has 6 nitrogen and oxygen atoms in total. The molecule has 2 unspecified atom stereocenters. The molecule has 2 N–H and O–H groups in total. The van der Waals surface area contributed by atoms with Crippen LogP contribution < -0.4 is 10.0 Å². The molecule has 2 aromatic rings. The maximum Gasteiger partial charge on any atom is 0.433 e. The second kappa shape index (κ2) is 11.0. The van der Waals surface area contributed by atoms with Gasteiger partial charge in [-0.25, -0.2) is 17.8 Å². The van der Waals surface area contributed by atoms with E-state index in [0.717, 1.165) is 24.8 Å². The summed E-state index contributed by atoms with van der Waals surface area (Å²) in [7, 11) is -3.65. The minimum Gasteiger partial charge on any atom is -0.346 e. The van der Waals surface area contributed by atoms with E-state index in [4.69, 9.17) is 0 Å². The minimum atomic E-state index is -4.57. The fourth-order valence-corrected chi connectivity index (χ4v) is 3.62. The average Bonchev–Trinajstić information content (AvgIpc) is 2.72. The molecular weight excluding hydrogens is 474 g/mol. The first kappa shape index (κ1) is 27.3. The van der Waals surface area contributed by atoms with Crippen molar-refractivity contribution < 1.29 is 30.8 Å². The number of halogens is 4. The van der Waals surface area contributed by atoms with Crippen LogP contribution in [0.2, 0.25) is 0 Å². The fourth-order valence-electron chi connectivity index (χ4n) is 3.05. The predicted octanol–water partition coefficient (Wildman–Crippen LogP) is 5.09. The Hall–Kier alpha value is -2.95. The quantitative estimate of drug-likeness (QED) is 0.370. The number of rotatable bonds is 9. The number of hydrogen-bond donors (Lipinski definition) is 2. The van der Waals surface area contributed by atoms with Gasteiger partial charge in [-0.3, -0.25) is 9.52 Å². The van der Waals surface area contributed by atoms with E-state index in [2.05, 4.69) is 15.0 Å². The lowest BCUT2D eigenvalue weighted by molar-refractivity contribution is -0.141. The van der Waals surface area contributed by atoms with Crippen molar-refractivity contribution in [3.8, 4) is 0 Å². The van der Waals surface area contributed by atoms with Crippen LogP contribution in [-0.4, -0.2) is 25.6 Å². The third-order valence-corrected chi connectivity index (χ3v) is 5.69. The molecular formula is C23H27F4N3O3S.